The number of rotatable bonds is 3. The number of fused-ring (bicyclic) bond motifs is 2. The van der Waals surface area contributed by atoms with Crippen LogP contribution in [-0.2, 0) is 17.4 Å². The number of amides is 1. The van der Waals surface area contributed by atoms with E-state index in [-0.39, 0.29) is 29.4 Å². The molecule has 124 valence electrons. The first-order valence-corrected chi connectivity index (χ1v) is 8.07. The summed E-state index contributed by atoms with van der Waals surface area (Å²) in [6.45, 7) is 0. The SMILES string of the molecule is O=C(CCc1ccc(Cl)c(C(F)(F)F)c1)N1C2C=CCC1CC2. The van der Waals surface area contributed by atoms with Crippen LogP contribution >= 0.6 is 11.6 Å². The molecule has 2 aliphatic rings. The van der Waals surface area contributed by atoms with Gasteiger partial charge in [0.1, 0.15) is 0 Å². The topological polar surface area (TPSA) is 20.3 Å². The highest BCUT2D eigenvalue weighted by molar-refractivity contribution is 6.31. The first kappa shape index (κ1) is 16.4. The minimum Gasteiger partial charge on any atom is -0.333 e. The molecule has 1 fully saturated rings. The zero-order valence-corrected chi connectivity index (χ0v) is 13.2. The summed E-state index contributed by atoms with van der Waals surface area (Å²) in [4.78, 5) is 14.3. The average Bonchev–Trinajstić information content (AvgIpc) is 2.74. The van der Waals surface area contributed by atoms with Gasteiger partial charge in [-0.1, -0.05) is 29.8 Å². The fourth-order valence-electron chi connectivity index (χ4n) is 3.44. The molecule has 23 heavy (non-hydrogen) atoms. The maximum absolute atomic E-state index is 12.9. The van der Waals surface area contributed by atoms with Gasteiger partial charge in [0.25, 0.3) is 0 Å². The van der Waals surface area contributed by atoms with Gasteiger partial charge >= 0.3 is 6.18 Å². The molecule has 6 heteroatoms. The number of hydrogen-bond donors (Lipinski definition) is 0. The van der Waals surface area contributed by atoms with Crippen LogP contribution in [0, 0.1) is 0 Å². The van der Waals surface area contributed by atoms with Crippen molar-refractivity contribution < 1.29 is 18.0 Å². The Kier molecular flexibility index (Phi) is 4.41. The van der Waals surface area contributed by atoms with Gasteiger partial charge < -0.3 is 4.90 Å². The fourth-order valence-corrected chi connectivity index (χ4v) is 3.66. The summed E-state index contributed by atoms with van der Waals surface area (Å²) < 4.78 is 38.6. The molecule has 0 radical (unpaired) electrons. The monoisotopic (exact) mass is 343 g/mol. The lowest BCUT2D eigenvalue weighted by molar-refractivity contribution is -0.137. The summed E-state index contributed by atoms with van der Waals surface area (Å²) in [6.07, 6.45) is 3.06. The maximum Gasteiger partial charge on any atom is 0.417 e. The van der Waals surface area contributed by atoms with Gasteiger partial charge in [-0.25, -0.2) is 0 Å². The molecule has 1 amide bonds. The van der Waals surface area contributed by atoms with Crippen molar-refractivity contribution in [2.24, 2.45) is 0 Å². The molecule has 2 heterocycles. The van der Waals surface area contributed by atoms with Crippen LogP contribution in [0.2, 0.25) is 5.02 Å². The summed E-state index contributed by atoms with van der Waals surface area (Å²) in [5.41, 5.74) is -0.361. The summed E-state index contributed by atoms with van der Waals surface area (Å²) in [5.74, 6) is 0.0189. The van der Waals surface area contributed by atoms with Crippen LogP contribution < -0.4 is 0 Å². The van der Waals surface area contributed by atoms with Gasteiger partial charge in [0.05, 0.1) is 16.6 Å². The lowest BCUT2D eigenvalue weighted by atomic mass is 10.0. The highest BCUT2D eigenvalue weighted by Crippen LogP contribution is 2.36. The molecular weight excluding hydrogens is 327 g/mol. The highest BCUT2D eigenvalue weighted by Gasteiger charge is 2.37. The van der Waals surface area contributed by atoms with E-state index in [1.807, 2.05) is 4.90 Å². The molecule has 2 unspecified atom stereocenters. The Bertz CT molecular complexity index is 641. The Balaban J connectivity index is 1.67. The number of hydrogen-bond acceptors (Lipinski definition) is 1. The van der Waals surface area contributed by atoms with Crippen molar-refractivity contribution in [3.05, 3.63) is 46.5 Å². The van der Waals surface area contributed by atoms with Crippen LogP contribution in [0.25, 0.3) is 0 Å². The molecule has 0 spiro atoms. The Morgan fingerprint density at radius 3 is 2.78 bits per heavy atom. The van der Waals surface area contributed by atoms with E-state index in [1.54, 1.807) is 6.07 Å². The Morgan fingerprint density at radius 2 is 2.09 bits per heavy atom. The lowest BCUT2D eigenvalue weighted by Gasteiger charge is -2.31. The highest BCUT2D eigenvalue weighted by atomic mass is 35.5. The average molecular weight is 344 g/mol. The second kappa shape index (κ2) is 6.19. The van der Waals surface area contributed by atoms with Crippen molar-refractivity contribution >= 4 is 17.5 Å². The van der Waals surface area contributed by atoms with E-state index in [9.17, 15) is 18.0 Å². The largest absolute Gasteiger partial charge is 0.417 e. The van der Waals surface area contributed by atoms with Crippen LogP contribution in [0.15, 0.2) is 30.4 Å². The third-order valence-corrected chi connectivity index (χ3v) is 4.89. The zero-order chi connectivity index (χ0) is 16.6. The zero-order valence-electron chi connectivity index (χ0n) is 12.4. The molecule has 0 aromatic heterocycles. The molecule has 2 atom stereocenters. The first-order chi connectivity index (χ1) is 10.9. The third-order valence-electron chi connectivity index (χ3n) is 4.56. The summed E-state index contributed by atoms with van der Waals surface area (Å²) in [5, 5.41) is -0.313. The van der Waals surface area contributed by atoms with Gasteiger partial charge in [-0.15, -0.1) is 0 Å². The molecule has 2 bridgehead atoms. The Hall–Kier alpha value is -1.49. The first-order valence-electron chi connectivity index (χ1n) is 7.69. The van der Waals surface area contributed by atoms with E-state index >= 15 is 0 Å². The molecule has 0 saturated carbocycles. The van der Waals surface area contributed by atoms with Gasteiger partial charge in [0.15, 0.2) is 0 Å². The standard InChI is InChI=1S/C17H17ClF3NO/c18-15-8-4-11(10-14(15)17(19,20)21)5-9-16(23)22-12-2-1-3-13(22)7-6-12/h1-2,4,8,10,12-13H,3,5-7,9H2. The summed E-state index contributed by atoms with van der Waals surface area (Å²) >= 11 is 5.61. The predicted molar refractivity (Wildman–Crippen MR) is 82.2 cm³/mol. The normalized spacial score (nSPS) is 23.4. The molecule has 2 aliphatic heterocycles. The van der Waals surface area contributed by atoms with Crippen LogP contribution in [0.3, 0.4) is 0 Å². The fraction of sp³-hybridized carbons (Fsp3) is 0.471. The van der Waals surface area contributed by atoms with Crippen molar-refractivity contribution in [2.45, 2.75) is 50.4 Å². The van der Waals surface area contributed by atoms with Crippen LogP contribution in [0.5, 0.6) is 0 Å². The number of benzene rings is 1. The maximum atomic E-state index is 12.9. The second-order valence-corrected chi connectivity index (χ2v) is 6.48. The van der Waals surface area contributed by atoms with E-state index in [2.05, 4.69) is 12.2 Å². The van der Waals surface area contributed by atoms with Gasteiger partial charge in [-0.3, -0.25) is 4.79 Å². The van der Waals surface area contributed by atoms with E-state index in [0.717, 1.165) is 25.3 Å². The molecule has 1 aromatic rings. The molecule has 1 aromatic carbocycles. The Labute approximate surface area is 137 Å². The van der Waals surface area contributed by atoms with Crippen LogP contribution in [0.1, 0.15) is 36.8 Å². The second-order valence-electron chi connectivity index (χ2n) is 6.08. The molecule has 3 rings (SSSR count). The molecule has 1 saturated heterocycles. The van der Waals surface area contributed by atoms with Gasteiger partial charge in [0, 0.05) is 12.5 Å². The summed E-state index contributed by atoms with van der Waals surface area (Å²) in [7, 11) is 0. The van der Waals surface area contributed by atoms with Crippen molar-refractivity contribution in [1.29, 1.82) is 0 Å². The quantitative estimate of drug-likeness (QED) is 0.734. The van der Waals surface area contributed by atoms with Crippen molar-refractivity contribution in [3.8, 4) is 0 Å². The van der Waals surface area contributed by atoms with E-state index < -0.39 is 11.7 Å². The van der Waals surface area contributed by atoms with Crippen LogP contribution in [0.4, 0.5) is 13.2 Å². The van der Waals surface area contributed by atoms with E-state index in [4.69, 9.17) is 11.6 Å². The number of alkyl halides is 3. The van der Waals surface area contributed by atoms with E-state index in [1.165, 1.54) is 6.07 Å². The van der Waals surface area contributed by atoms with Gasteiger partial charge in [0.2, 0.25) is 5.91 Å². The van der Waals surface area contributed by atoms with Crippen LogP contribution in [-0.4, -0.2) is 22.9 Å². The van der Waals surface area contributed by atoms with Crippen molar-refractivity contribution in [1.82, 2.24) is 4.90 Å². The number of carbonyl (C=O) groups excluding carboxylic acids is 1. The van der Waals surface area contributed by atoms with Gasteiger partial charge in [-0.05, 0) is 43.4 Å². The molecule has 2 nitrogen and oxygen atoms in total. The number of aryl methyl sites for hydroxylation is 1. The minimum absolute atomic E-state index is 0.0189. The van der Waals surface area contributed by atoms with Crippen molar-refractivity contribution in [3.63, 3.8) is 0 Å². The molecular formula is C17H17ClF3NO. The van der Waals surface area contributed by atoms with E-state index in [0.29, 0.717) is 12.0 Å². The predicted octanol–water partition coefficient (Wildman–Crippen LogP) is 4.61. The molecule has 0 aliphatic carbocycles. The molecule has 0 N–H and O–H groups in total. The smallest absolute Gasteiger partial charge is 0.333 e. The number of carbonyl (C=O) groups is 1. The minimum atomic E-state index is -4.48. The number of halogens is 4. The Morgan fingerprint density at radius 1 is 1.30 bits per heavy atom. The van der Waals surface area contributed by atoms with Gasteiger partial charge in [-0.2, -0.15) is 13.2 Å². The van der Waals surface area contributed by atoms with Crippen molar-refractivity contribution in [2.75, 3.05) is 0 Å². The summed E-state index contributed by atoms with van der Waals surface area (Å²) in [6, 6.07) is 4.26. The third kappa shape index (κ3) is 3.39. The lowest BCUT2D eigenvalue weighted by Crippen LogP contribution is -2.42. The number of nitrogens with zero attached hydrogens (tertiary/aromatic N) is 1.